The normalized spacial score (nSPS) is 12.3. The van der Waals surface area contributed by atoms with Crippen molar-refractivity contribution in [2.24, 2.45) is 10.2 Å². The fourth-order valence-electron chi connectivity index (χ4n) is 3.99. The van der Waals surface area contributed by atoms with Gasteiger partial charge in [-0.25, -0.2) is 0 Å². The number of hydrogen-bond acceptors (Lipinski definition) is 9. The van der Waals surface area contributed by atoms with Crippen LogP contribution in [-0.2, 0) is 25.0 Å². The summed E-state index contributed by atoms with van der Waals surface area (Å²) >= 11 is 0. The smallest absolute Gasteiger partial charge is 0.297 e. The lowest BCUT2D eigenvalue weighted by molar-refractivity contribution is -0.115. The van der Waals surface area contributed by atoms with E-state index in [1.165, 1.54) is 24.3 Å². The number of ketones is 1. The van der Waals surface area contributed by atoms with Gasteiger partial charge in [0.15, 0.2) is 11.5 Å². The third-order valence-corrected chi connectivity index (χ3v) is 7.64. The minimum absolute atomic E-state index is 0.0352. The Morgan fingerprint density at radius 1 is 0.897 bits per heavy atom. The molecule has 0 aliphatic rings. The first-order chi connectivity index (χ1) is 18.3. The van der Waals surface area contributed by atoms with Crippen molar-refractivity contribution >= 4 is 64.6 Å². The van der Waals surface area contributed by atoms with Crippen LogP contribution in [0.4, 0.5) is 17.1 Å². The highest BCUT2D eigenvalue weighted by Gasteiger charge is 2.21. The lowest BCUT2D eigenvalue weighted by Gasteiger charge is -2.14. The molecule has 0 spiro atoms. The first-order valence-corrected chi connectivity index (χ1v) is 14.3. The van der Waals surface area contributed by atoms with Crippen LogP contribution in [0.2, 0.25) is 0 Å². The van der Waals surface area contributed by atoms with Crippen LogP contribution in [0.1, 0.15) is 13.3 Å². The molecule has 0 saturated carbocycles. The van der Waals surface area contributed by atoms with Gasteiger partial charge < -0.3 is 10.4 Å². The molecule has 0 aromatic heterocycles. The van der Waals surface area contributed by atoms with Crippen molar-refractivity contribution in [3.8, 4) is 5.75 Å². The van der Waals surface area contributed by atoms with Crippen molar-refractivity contribution in [1.29, 1.82) is 0 Å². The zero-order valence-corrected chi connectivity index (χ0v) is 22.1. The van der Waals surface area contributed by atoms with Crippen molar-refractivity contribution in [1.82, 2.24) is 0 Å². The first-order valence-electron chi connectivity index (χ1n) is 11.4. The molecule has 0 bridgehead atoms. The molecule has 0 saturated heterocycles. The number of aromatic hydroxyl groups is 1. The maximum Gasteiger partial charge on any atom is 0.297 e. The van der Waals surface area contributed by atoms with Gasteiger partial charge in [0, 0.05) is 29.4 Å². The number of nitrogens with zero attached hydrogens (tertiary/aromatic N) is 2. The molecule has 11 nitrogen and oxygen atoms in total. The Labute approximate surface area is 224 Å². The van der Waals surface area contributed by atoms with Crippen molar-refractivity contribution in [2.45, 2.75) is 23.1 Å². The predicted molar refractivity (Wildman–Crippen MR) is 146 cm³/mol. The molecular weight excluding hydrogens is 546 g/mol. The Kier molecular flexibility index (Phi) is 7.52. The van der Waals surface area contributed by atoms with Gasteiger partial charge in [-0.3, -0.25) is 13.9 Å². The van der Waals surface area contributed by atoms with Gasteiger partial charge in [0.05, 0.1) is 4.90 Å². The van der Waals surface area contributed by atoms with Crippen molar-refractivity contribution in [3.63, 3.8) is 0 Å². The van der Waals surface area contributed by atoms with E-state index < -0.39 is 35.8 Å². The molecule has 0 atom stereocenters. The van der Waals surface area contributed by atoms with Gasteiger partial charge in [-0.2, -0.15) is 16.8 Å². The number of carbonyl (C=O) groups is 1. The number of Topliss-reactive ketones (excluding diaryl/α,β-unsaturated/α-hetero) is 1. The van der Waals surface area contributed by atoms with Crippen LogP contribution in [0.15, 0.2) is 92.8 Å². The van der Waals surface area contributed by atoms with Crippen molar-refractivity contribution < 1.29 is 35.8 Å². The minimum Gasteiger partial charge on any atom is -0.505 e. The van der Waals surface area contributed by atoms with Crippen LogP contribution in [0.3, 0.4) is 0 Å². The molecule has 4 aromatic carbocycles. The Morgan fingerprint density at radius 3 is 2.21 bits per heavy atom. The summed E-state index contributed by atoms with van der Waals surface area (Å²) in [5.74, 6) is -0.650. The SMILES string of the molecule is C=C(C)C(=O)CCNc1cc(S(=O)(=O)O)cc2ccc(N=Nc3ccc4ccccc4c3S(=O)(=O)O)c(O)c12. The van der Waals surface area contributed by atoms with Crippen molar-refractivity contribution in [3.05, 3.63) is 72.8 Å². The number of rotatable bonds is 9. The number of benzene rings is 4. The molecule has 13 heteroatoms. The van der Waals surface area contributed by atoms with Gasteiger partial charge in [-0.15, -0.1) is 10.2 Å². The summed E-state index contributed by atoms with van der Waals surface area (Å²) in [6.45, 7) is 5.20. The quantitative estimate of drug-likeness (QED) is 0.114. The van der Waals surface area contributed by atoms with E-state index >= 15 is 0 Å². The summed E-state index contributed by atoms with van der Waals surface area (Å²) < 4.78 is 67.4. The van der Waals surface area contributed by atoms with Crippen LogP contribution in [0.5, 0.6) is 5.75 Å². The fraction of sp³-hybridized carbons (Fsp3) is 0.115. The molecule has 0 fully saturated rings. The van der Waals surface area contributed by atoms with Gasteiger partial charge in [0.1, 0.15) is 16.3 Å². The second-order valence-corrected chi connectivity index (χ2v) is 11.4. The molecule has 0 heterocycles. The van der Waals surface area contributed by atoms with E-state index in [1.807, 2.05) is 0 Å². The van der Waals surface area contributed by atoms with Gasteiger partial charge in [-0.05, 0) is 47.5 Å². The summed E-state index contributed by atoms with van der Waals surface area (Å²) in [5.41, 5.74) is 0.164. The molecule has 4 N–H and O–H groups in total. The standard InChI is InChI=1S/C26H23N3O8S2/c1-15(2)23(30)11-12-27-22-14-18(38(32,33)34)13-17-8-9-20(25(31)24(17)22)28-29-21-10-7-16-5-3-4-6-19(16)26(21)39(35,36)37/h3-10,13-14,27,31H,1,11-12H2,2H3,(H,32,33,34)(H,35,36,37). The summed E-state index contributed by atoms with van der Waals surface area (Å²) in [6, 6.07) is 14.4. The van der Waals surface area contributed by atoms with E-state index in [9.17, 15) is 35.8 Å². The van der Waals surface area contributed by atoms with Crippen LogP contribution < -0.4 is 5.32 Å². The highest BCUT2D eigenvalue weighted by atomic mass is 32.2. The number of phenols is 1. The maximum atomic E-state index is 12.2. The molecule has 4 aromatic rings. The maximum absolute atomic E-state index is 12.2. The Morgan fingerprint density at radius 2 is 1.54 bits per heavy atom. The van der Waals surface area contributed by atoms with Crippen molar-refractivity contribution in [2.75, 3.05) is 11.9 Å². The second-order valence-electron chi connectivity index (χ2n) is 8.67. The lowest BCUT2D eigenvalue weighted by Crippen LogP contribution is -2.10. The lowest BCUT2D eigenvalue weighted by atomic mass is 10.1. The van der Waals surface area contributed by atoms with E-state index in [2.05, 4.69) is 22.1 Å². The zero-order chi connectivity index (χ0) is 28.5. The number of allylic oxidation sites excluding steroid dienone is 1. The monoisotopic (exact) mass is 569 g/mol. The molecule has 0 aliphatic carbocycles. The number of nitrogens with one attached hydrogen (secondary N) is 1. The molecule has 4 rings (SSSR count). The van der Waals surface area contributed by atoms with Gasteiger partial charge >= 0.3 is 0 Å². The molecule has 0 unspecified atom stereocenters. The Hall–Kier alpha value is -4.17. The van der Waals surface area contributed by atoms with Crippen LogP contribution in [-0.4, -0.2) is 43.4 Å². The van der Waals surface area contributed by atoms with Crippen LogP contribution in [0, 0.1) is 0 Å². The molecule has 202 valence electrons. The molecular formula is C26H23N3O8S2. The molecule has 39 heavy (non-hydrogen) atoms. The largest absolute Gasteiger partial charge is 0.505 e. The minimum atomic E-state index is -4.70. The molecule has 0 aliphatic heterocycles. The number of hydrogen-bond donors (Lipinski definition) is 4. The van der Waals surface area contributed by atoms with E-state index in [0.29, 0.717) is 11.0 Å². The number of anilines is 1. The number of azo groups is 1. The Balaban J connectivity index is 1.83. The second kappa shape index (κ2) is 10.5. The highest BCUT2D eigenvalue weighted by Crippen LogP contribution is 2.42. The summed E-state index contributed by atoms with van der Waals surface area (Å²) in [7, 11) is -9.30. The topological polar surface area (TPSA) is 183 Å². The van der Waals surface area contributed by atoms with Crippen LogP contribution >= 0.6 is 0 Å². The van der Waals surface area contributed by atoms with E-state index in [4.69, 9.17) is 0 Å². The van der Waals surface area contributed by atoms with E-state index in [-0.39, 0.29) is 52.0 Å². The Bertz CT molecular complexity index is 1900. The number of phenolic OH excluding ortho intramolecular Hbond substituents is 1. The molecule has 0 radical (unpaired) electrons. The van der Waals surface area contributed by atoms with E-state index in [0.717, 1.165) is 12.1 Å². The van der Waals surface area contributed by atoms with Gasteiger partial charge in [-0.1, -0.05) is 43.0 Å². The first kappa shape index (κ1) is 27.9. The number of carbonyl (C=O) groups excluding carboxylic acids is 1. The third-order valence-electron chi connectivity index (χ3n) is 5.87. The molecule has 0 amide bonds. The summed E-state index contributed by atoms with van der Waals surface area (Å²) in [6.07, 6.45) is 0.0352. The average Bonchev–Trinajstić information content (AvgIpc) is 2.86. The summed E-state index contributed by atoms with van der Waals surface area (Å²) in [5, 5.41) is 23.0. The van der Waals surface area contributed by atoms with Gasteiger partial charge in [0.2, 0.25) is 0 Å². The average molecular weight is 570 g/mol. The summed E-state index contributed by atoms with van der Waals surface area (Å²) in [4.78, 5) is 11.0. The number of fused-ring (bicyclic) bond motifs is 2. The van der Waals surface area contributed by atoms with E-state index in [1.54, 1.807) is 31.2 Å². The third kappa shape index (κ3) is 5.96. The predicted octanol–water partition coefficient (Wildman–Crippen LogP) is 5.55. The fourth-order valence-corrected chi connectivity index (χ4v) is 5.37. The highest BCUT2D eigenvalue weighted by molar-refractivity contribution is 7.86. The zero-order valence-electron chi connectivity index (χ0n) is 20.5. The van der Waals surface area contributed by atoms with Gasteiger partial charge in [0.25, 0.3) is 20.2 Å². The van der Waals surface area contributed by atoms with Crippen LogP contribution in [0.25, 0.3) is 21.5 Å².